The van der Waals surface area contributed by atoms with Crippen molar-refractivity contribution in [3.63, 3.8) is 0 Å². The molecule has 1 saturated heterocycles. The van der Waals surface area contributed by atoms with E-state index in [4.69, 9.17) is 0 Å². The lowest BCUT2D eigenvalue weighted by molar-refractivity contribution is 0.120. The molecule has 2 rings (SSSR count). The fourth-order valence-corrected chi connectivity index (χ4v) is 3.48. The van der Waals surface area contributed by atoms with Crippen molar-refractivity contribution in [3.05, 3.63) is 0 Å². The predicted octanol–water partition coefficient (Wildman–Crippen LogP) is 3.40. The zero-order valence-corrected chi connectivity index (χ0v) is 9.46. The Balaban J connectivity index is 0.000000980. The third kappa shape index (κ3) is 1.84. The summed E-state index contributed by atoms with van der Waals surface area (Å²) in [7, 11) is 0. The highest BCUT2D eigenvalue weighted by Gasteiger charge is 2.45. The molecule has 1 aliphatic carbocycles. The average molecular weight is 197 g/mol. The van der Waals surface area contributed by atoms with Crippen molar-refractivity contribution in [3.8, 4) is 0 Å². The zero-order chi connectivity index (χ0) is 9.59. The highest BCUT2D eigenvalue weighted by atomic mass is 15.2. The van der Waals surface area contributed by atoms with Crippen LogP contribution < -0.4 is 0 Å². The molecule has 2 fully saturated rings. The summed E-state index contributed by atoms with van der Waals surface area (Å²) in [6, 6.07) is 1.69. The maximum Gasteiger partial charge on any atom is 0.0104 e. The molecule has 0 aromatic rings. The van der Waals surface area contributed by atoms with Crippen LogP contribution in [0.1, 0.15) is 48.0 Å². The predicted molar refractivity (Wildman–Crippen MR) is 63.4 cm³/mol. The number of piperidine rings is 1. The van der Waals surface area contributed by atoms with Crippen LogP contribution in [0.25, 0.3) is 0 Å². The lowest BCUT2D eigenvalue weighted by atomic mass is 9.84. The quantitative estimate of drug-likeness (QED) is 0.656. The monoisotopic (exact) mass is 197 g/mol. The van der Waals surface area contributed by atoms with E-state index >= 15 is 0 Å². The van der Waals surface area contributed by atoms with E-state index in [9.17, 15) is 0 Å². The van der Waals surface area contributed by atoms with Crippen LogP contribution in [0.2, 0.25) is 0 Å². The van der Waals surface area contributed by atoms with Crippen LogP contribution in [0, 0.1) is 17.8 Å². The summed E-state index contributed by atoms with van der Waals surface area (Å²) in [5.74, 6) is 2.96. The summed E-state index contributed by atoms with van der Waals surface area (Å²) in [6.45, 7) is 10.8. The number of hydrogen-bond donors (Lipinski definition) is 0. The minimum absolute atomic E-state index is 0. The molecule has 2 bridgehead atoms. The highest BCUT2D eigenvalue weighted by Crippen LogP contribution is 2.45. The Labute approximate surface area is 89.9 Å². The molecule has 1 aliphatic heterocycles. The van der Waals surface area contributed by atoms with Crippen LogP contribution in [0.4, 0.5) is 0 Å². The maximum atomic E-state index is 2.71. The Morgan fingerprint density at radius 2 is 1.71 bits per heavy atom. The topological polar surface area (TPSA) is 3.24 Å². The van der Waals surface area contributed by atoms with Crippen LogP contribution in [-0.4, -0.2) is 23.5 Å². The van der Waals surface area contributed by atoms with Crippen molar-refractivity contribution >= 4 is 0 Å². The van der Waals surface area contributed by atoms with E-state index in [1.54, 1.807) is 0 Å². The Hall–Kier alpha value is -0.0400. The fraction of sp³-hybridized carbons (Fsp3) is 1.00. The van der Waals surface area contributed by atoms with Gasteiger partial charge in [-0.1, -0.05) is 21.3 Å². The van der Waals surface area contributed by atoms with E-state index < -0.39 is 0 Å². The third-order valence-electron chi connectivity index (χ3n) is 4.16. The van der Waals surface area contributed by atoms with Crippen molar-refractivity contribution in [1.29, 1.82) is 0 Å². The summed E-state index contributed by atoms with van der Waals surface area (Å²) >= 11 is 0. The smallest absolute Gasteiger partial charge is 0.0104 e. The van der Waals surface area contributed by atoms with E-state index in [2.05, 4.69) is 32.6 Å². The summed E-state index contributed by atoms with van der Waals surface area (Å²) in [6.07, 6.45) is 2.96. The standard InChI is InChI=1S/C12H23N.CH4/c1-8(2)12-6-11-5-10(12)7-13(11)9(3)4;/h8-12H,5-7H2,1-4H3;1H4. The van der Waals surface area contributed by atoms with Crippen LogP contribution in [0.3, 0.4) is 0 Å². The molecule has 3 unspecified atom stereocenters. The first kappa shape index (κ1) is 12.0. The molecular formula is C13H27N. The summed E-state index contributed by atoms with van der Waals surface area (Å²) in [5.41, 5.74) is 0. The Morgan fingerprint density at radius 3 is 2.07 bits per heavy atom. The molecule has 1 heteroatoms. The second-order valence-electron chi connectivity index (χ2n) is 5.58. The lowest BCUT2D eigenvalue weighted by Gasteiger charge is -2.35. The van der Waals surface area contributed by atoms with Gasteiger partial charge in [-0.3, -0.25) is 4.90 Å². The van der Waals surface area contributed by atoms with Gasteiger partial charge in [-0.15, -0.1) is 0 Å². The third-order valence-corrected chi connectivity index (χ3v) is 4.16. The first-order valence-electron chi connectivity index (χ1n) is 5.85. The van der Waals surface area contributed by atoms with Gasteiger partial charge in [0.1, 0.15) is 0 Å². The van der Waals surface area contributed by atoms with E-state index in [1.807, 2.05) is 0 Å². The van der Waals surface area contributed by atoms with Crippen LogP contribution in [-0.2, 0) is 0 Å². The fourth-order valence-electron chi connectivity index (χ4n) is 3.48. The molecule has 14 heavy (non-hydrogen) atoms. The van der Waals surface area contributed by atoms with Crippen molar-refractivity contribution < 1.29 is 0 Å². The van der Waals surface area contributed by atoms with Crippen molar-refractivity contribution in [1.82, 2.24) is 4.90 Å². The summed E-state index contributed by atoms with van der Waals surface area (Å²) in [5, 5.41) is 0. The largest absolute Gasteiger partial charge is 0.298 e. The molecule has 1 nitrogen and oxygen atoms in total. The molecule has 0 aromatic carbocycles. The van der Waals surface area contributed by atoms with E-state index in [1.165, 1.54) is 19.4 Å². The molecule has 1 heterocycles. The van der Waals surface area contributed by atoms with Gasteiger partial charge in [0.05, 0.1) is 0 Å². The summed E-state index contributed by atoms with van der Waals surface area (Å²) in [4.78, 5) is 2.71. The van der Waals surface area contributed by atoms with Gasteiger partial charge in [-0.05, 0) is 44.4 Å². The van der Waals surface area contributed by atoms with Gasteiger partial charge in [0.2, 0.25) is 0 Å². The first-order valence-corrected chi connectivity index (χ1v) is 5.85. The number of likely N-dealkylation sites (tertiary alicyclic amines) is 1. The first-order chi connectivity index (χ1) is 6.09. The minimum Gasteiger partial charge on any atom is -0.298 e. The molecule has 84 valence electrons. The highest BCUT2D eigenvalue weighted by molar-refractivity contribution is 4.98. The molecule has 0 radical (unpaired) electrons. The van der Waals surface area contributed by atoms with E-state index in [0.29, 0.717) is 0 Å². The second-order valence-corrected chi connectivity index (χ2v) is 5.58. The van der Waals surface area contributed by atoms with Crippen LogP contribution in [0.15, 0.2) is 0 Å². The van der Waals surface area contributed by atoms with Gasteiger partial charge in [0.15, 0.2) is 0 Å². The molecule has 0 aromatic heterocycles. The van der Waals surface area contributed by atoms with Crippen molar-refractivity contribution in [2.45, 2.75) is 60.0 Å². The molecule has 1 saturated carbocycles. The Kier molecular flexibility index (Phi) is 3.63. The van der Waals surface area contributed by atoms with Gasteiger partial charge in [0, 0.05) is 18.6 Å². The van der Waals surface area contributed by atoms with Crippen LogP contribution in [0.5, 0.6) is 0 Å². The molecule has 0 spiro atoms. The minimum atomic E-state index is 0. The van der Waals surface area contributed by atoms with Crippen LogP contribution >= 0.6 is 0 Å². The van der Waals surface area contributed by atoms with Gasteiger partial charge in [-0.25, -0.2) is 0 Å². The normalized spacial score (nSPS) is 36.9. The number of nitrogens with zero attached hydrogens (tertiary/aromatic N) is 1. The van der Waals surface area contributed by atoms with Gasteiger partial charge < -0.3 is 0 Å². The Bertz CT molecular complexity index is 166. The molecule has 0 amide bonds. The average Bonchev–Trinajstić information content (AvgIpc) is 2.60. The van der Waals surface area contributed by atoms with Crippen molar-refractivity contribution in [2.24, 2.45) is 17.8 Å². The molecule has 2 aliphatic rings. The SMILES string of the molecule is C.CC(C)C1CC2CC1CN2C(C)C. The van der Waals surface area contributed by atoms with E-state index in [-0.39, 0.29) is 7.43 Å². The van der Waals surface area contributed by atoms with Gasteiger partial charge in [0.25, 0.3) is 0 Å². The summed E-state index contributed by atoms with van der Waals surface area (Å²) < 4.78 is 0. The molecule has 0 N–H and O–H groups in total. The molecular weight excluding hydrogens is 170 g/mol. The number of rotatable bonds is 2. The van der Waals surface area contributed by atoms with Crippen molar-refractivity contribution in [2.75, 3.05) is 6.54 Å². The Morgan fingerprint density at radius 1 is 1.07 bits per heavy atom. The maximum absolute atomic E-state index is 2.71. The van der Waals surface area contributed by atoms with Gasteiger partial charge >= 0.3 is 0 Å². The van der Waals surface area contributed by atoms with Gasteiger partial charge in [-0.2, -0.15) is 0 Å². The lowest BCUT2D eigenvalue weighted by Crippen LogP contribution is -2.41. The molecule has 3 atom stereocenters. The van der Waals surface area contributed by atoms with E-state index in [0.717, 1.165) is 29.8 Å². The number of hydrogen-bond acceptors (Lipinski definition) is 1. The second kappa shape index (κ2) is 4.22. The number of fused-ring (bicyclic) bond motifs is 2. The zero-order valence-electron chi connectivity index (χ0n) is 9.46.